The molecule has 0 radical (unpaired) electrons. The first kappa shape index (κ1) is 18.9. The number of rotatable bonds is 6. The van der Waals surface area contributed by atoms with Gasteiger partial charge in [-0.1, -0.05) is 17.7 Å². The summed E-state index contributed by atoms with van der Waals surface area (Å²) in [5.41, 5.74) is 1.56. The van der Waals surface area contributed by atoms with E-state index in [-0.39, 0.29) is 23.2 Å². The predicted octanol–water partition coefficient (Wildman–Crippen LogP) is 3.35. The number of carbonyl (C=O) groups is 1. The molecule has 0 unspecified atom stereocenters. The lowest BCUT2D eigenvalue weighted by Crippen LogP contribution is -2.37. The number of benzene rings is 1. The smallest absolute Gasteiger partial charge is 0.250 e. The van der Waals surface area contributed by atoms with Crippen LogP contribution < -0.4 is 9.62 Å². The third-order valence-corrected chi connectivity index (χ3v) is 6.82. The highest BCUT2D eigenvalue weighted by atomic mass is 35.5. The van der Waals surface area contributed by atoms with Crippen molar-refractivity contribution < 1.29 is 13.2 Å². The fourth-order valence-corrected chi connectivity index (χ4v) is 4.66. The zero-order valence-electron chi connectivity index (χ0n) is 13.7. The molecule has 0 aliphatic heterocycles. The molecule has 0 atom stereocenters. The standard InChI is InChI=1S/C16H19ClN2O3S2/c1-11-4-6-14(10-15(11)17)19(13(3)20)9-8-18-24(21,22)16-7-5-12(2)23-16/h4-7,10,18H,8-9H2,1-3H3. The van der Waals surface area contributed by atoms with Gasteiger partial charge in [-0.05, 0) is 43.7 Å². The zero-order valence-corrected chi connectivity index (χ0v) is 16.1. The fourth-order valence-electron chi connectivity index (χ4n) is 2.14. The molecule has 0 aliphatic rings. The maximum absolute atomic E-state index is 12.2. The van der Waals surface area contributed by atoms with Crippen LogP contribution in [0, 0.1) is 13.8 Å². The molecule has 24 heavy (non-hydrogen) atoms. The highest BCUT2D eigenvalue weighted by Gasteiger charge is 2.18. The number of nitrogens with one attached hydrogen (secondary N) is 1. The maximum atomic E-state index is 12.2. The molecular formula is C16H19ClN2O3S2. The van der Waals surface area contributed by atoms with Crippen molar-refractivity contribution in [2.24, 2.45) is 0 Å². The Hall–Kier alpha value is -1.41. The average Bonchev–Trinajstić information content (AvgIpc) is 2.94. The molecule has 1 aromatic heterocycles. The number of amides is 1. The van der Waals surface area contributed by atoms with Crippen molar-refractivity contribution in [3.63, 3.8) is 0 Å². The first-order chi connectivity index (χ1) is 11.2. The zero-order chi connectivity index (χ0) is 17.9. The van der Waals surface area contributed by atoms with E-state index in [9.17, 15) is 13.2 Å². The van der Waals surface area contributed by atoms with Gasteiger partial charge in [0.15, 0.2) is 0 Å². The minimum Gasteiger partial charge on any atom is -0.311 e. The average molecular weight is 387 g/mol. The van der Waals surface area contributed by atoms with Crippen LogP contribution in [0.2, 0.25) is 5.02 Å². The lowest BCUT2D eigenvalue weighted by Gasteiger charge is -2.22. The summed E-state index contributed by atoms with van der Waals surface area (Å²) in [5, 5.41) is 0.563. The minimum absolute atomic E-state index is 0.115. The first-order valence-electron chi connectivity index (χ1n) is 7.31. The van der Waals surface area contributed by atoms with Crippen molar-refractivity contribution in [2.45, 2.75) is 25.0 Å². The molecule has 0 bridgehead atoms. The molecule has 0 saturated heterocycles. The molecule has 0 saturated carbocycles. The summed E-state index contributed by atoms with van der Waals surface area (Å²) in [6, 6.07) is 8.65. The van der Waals surface area contributed by atoms with Gasteiger partial charge in [-0.2, -0.15) is 0 Å². The van der Waals surface area contributed by atoms with Gasteiger partial charge >= 0.3 is 0 Å². The van der Waals surface area contributed by atoms with Crippen LogP contribution in [-0.4, -0.2) is 27.4 Å². The van der Waals surface area contributed by atoms with Gasteiger partial charge in [0.05, 0.1) is 0 Å². The summed E-state index contributed by atoms with van der Waals surface area (Å²) in [5.74, 6) is -0.180. The van der Waals surface area contributed by atoms with Gasteiger partial charge < -0.3 is 4.90 Å². The number of anilines is 1. The highest BCUT2D eigenvalue weighted by Crippen LogP contribution is 2.23. The molecular weight excluding hydrogens is 368 g/mol. The van der Waals surface area contributed by atoms with Gasteiger partial charge in [-0.3, -0.25) is 4.79 Å². The Morgan fingerprint density at radius 3 is 2.50 bits per heavy atom. The number of halogens is 1. The number of nitrogens with zero attached hydrogens (tertiary/aromatic N) is 1. The van der Waals surface area contributed by atoms with E-state index in [0.717, 1.165) is 10.4 Å². The quantitative estimate of drug-likeness (QED) is 0.827. The summed E-state index contributed by atoms with van der Waals surface area (Å²) in [4.78, 5) is 14.3. The SMILES string of the molecule is CC(=O)N(CCNS(=O)(=O)c1ccc(C)s1)c1ccc(C)c(Cl)c1. The molecule has 0 fully saturated rings. The highest BCUT2D eigenvalue weighted by molar-refractivity contribution is 7.91. The summed E-state index contributed by atoms with van der Waals surface area (Å²) >= 11 is 7.31. The van der Waals surface area contributed by atoms with E-state index >= 15 is 0 Å². The van der Waals surface area contributed by atoms with Crippen LogP contribution in [0.3, 0.4) is 0 Å². The maximum Gasteiger partial charge on any atom is 0.250 e. The Kier molecular flexibility index (Phi) is 6.03. The van der Waals surface area contributed by atoms with E-state index in [4.69, 9.17) is 11.6 Å². The van der Waals surface area contributed by atoms with Crippen LogP contribution >= 0.6 is 22.9 Å². The van der Waals surface area contributed by atoms with Crippen LogP contribution in [0.25, 0.3) is 0 Å². The number of hydrogen-bond acceptors (Lipinski definition) is 4. The topological polar surface area (TPSA) is 66.5 Å². The number of aryl methyl sites for hydroxylation is 2. The van der Waals surface area contributed by atoms with E-state index in [0.29, 0.717) is 10.7 Å². The Morgan fingerprint density at radius 1 is 1.25 bits per heavy atom. The monoisotopic (exact) mass is 386 g/mol. The molecule has 0 spiro atoms. The van der Waals surface area contributed by atoms with Crippen LogP contribution in [0.1, 0.15) is 17.4 Å². The van der Waals surface area contributed by atoms with E-state index in [1.165, 1.54) is 23.2 Å². The van der Waals surface area contributed by atoms with Crippen LogP contribution in [0.15, 0.2) is 34.5 Å². The largest absolute Gasteiger partial charge is 0.311 e. The Morgan fingerprint density at radius 2 is 1.96 bits per heavy atom. The third kappa shape index (κ3) is 4.57. The molecule has 1 amide bonds. The van der Waals surface area contributed by atoms with Gasteiger partial charge in [0.2, 0.25) is 15.9 Å². The molecule has 1 aromatic carbocycles. The molecule has 1 N–H and O–H groups in total. The molecule has 2 aromatic rings. The van der Waals surface area contributed by atoms with Gasteiger partial charge in [-0.15, -0.1) is 11.3 Å². The van der Waals surface area contributed by atoms with Gasteiger partial charge in [0.25, 0.3) is 0 Å². The Labute approximate surface area is 151 Å². The number of thiophene rings is 1. The van der Waals surface area contributed by atoms with Crippen molar-refractivity contribution in [1.82, 2.24) is 4.72 Å². The lowest BCUT2D eigenvalue weighted by molar-refractivity contribution is -0.116. The van der Waals surface area contributed by atoms with Crippen molar-refractivity contribution in [2.75, 3.05) is 18.0 Å². The third-order valence-electron chi connectivity index (χ3n) is 3.46. The normalized spacial score (nSPS) is 11.5. The van der Waals surface area contributed by atoms with Gasteiger partial charge in [0.1, 0.15) is 4.21 Å². The summed E-state index contributed by atoms with van der Waals surface area (Å²) in [6.07, 6.45) is 0. The first-order valence-corrected chi connectivity index (χ1v) is 9.99. The summed E-state index contributed by atoms with van der Waals surface area (Å²) in [7, 11) is -3.55. The molecule has 8 heteroatoms. The van der Waals surface area contributed by atoms with Crippen molar-refractivity contribution in [3.8, 4) is 0 Å². The molecule has 130 valence electrons. The van der Waals surface area contributed by atoms with E-state index in [1.807, 2.05) is 19.9 Å². The van der Waals surface area contributed by atoms with Crippen LogP contribution in [-0.2, 0) is 14.8 Å². The number of sulfonamides is 1. The van der Waals surface area contributed by atoms with E-state index < -0.39 is 10.0 Å². The minimum atomic E-state index is -3.55. The number of carbonyl (C=O) groups excluding carboxylic acids is 1. The summed E-state index contributed by atoms with van der Waals surface area (Å²) < 4.78 is 27.2. The molecule has 5 nitrogen and oxygen atoms in total. The number of hydrogen-bond donors (Lipinski definition) is 1. The van der Waals surface area contributed by atoms with E-state index in [2.05, 4.69) is 4.72 Å². The van der Waals surface area contributed by atoms with Gasteiger partial charge in [-0.25, -0.2) is 13.1 Å². The van der Waals surface area contributed by atoms with Crippen LogP contribution in [0.4, 0.5) is 5.69 Å². The van der Waals surface area contributed by atoms with Crippen molar-refractivity contribution in [3.05, 3.63) is 45.8 Å². The lowest BCUT2D eigenvalue weighted by atomic mass is 10.2. The second kappa shape index (κ2) is 7.65. The molecule has 0 aliphatic carbocycles. The Bertz CT molecular complexity index is 847. The van der Waals surface area contributed by atoms with Crippen molar-refractivity contribution in [1.29, 1.82) is 0 Å². The summed E-state index contributed by atoms with van der Waals surface area (Å²) in [6.45, 7) is 5.50. The molecule has 2 rings (SSSR count). The van der Waals surface area contributed by atoms with Crippen molar-refractivity contribution >= 4 is 44.6 Å². The predicted molar refractivity (Wildman–Crippen MR) is 98.5 cm³/mol. The second-order valence-corrected chi connectivity index (χ2v) is 9.06. The molecule has 1 heterocycles. The fraction of sp³-hybridized carbons (Fsp3) is 0.312. The Balaban J connectivity index is 2.07. The van der Waals surface area contributed by atoms with E-state index in [1.54, 1.807) is 24.3 Å². The second-order valence-electron chi connectivity index (χ2n) is 5.37. The van der Waals surface area contributed by atoms with Crippen LogP contribution in [0.5, 0.6) is 0 Å². The van der Waals surface area contributed by atoms with Gasteiger partial charge in [0, 0.05) is 35.6 Å².